The van der Waals surface area contributed by atoms with Crippen molar-refractivity contribution < 1.29 is 22.8 Å². The van der Waals surface area contributed by atoms with E-state index in [1.165, 1.54) is 12.1 Å². The van der Waals surface area contributed by atoms with Crippen molar-refractivity contribution in [3.8, 4) is 6.07 Å². The lowest BCUT2D eigenvalue weighted by Crippen LogP contribution is -2.47. The molecule has 3 rings (SSSR count). The van der Waals surface area contributed by atoms with Gasteiger partial charge >= 0.3 is 12.2 Å². The second kappa shape index (κ2) is 9.89. The lowest BCUT2D eigenvalue weighted by atomic mass is 9.78. The minimum absolute atomic E-state index is 0.0982. The molecule has 2 aliphatic rings. The minimum Gasteiger partial charge on any atom is -0.370 e. The van der Waals surface area contributed by atoms with Crippen LogP contribution in [0.1, 0.15) is 37.8 Å². The first-order valence-electron chi connectivity index (χ1n) is 11.2. The predicted octanol–water partition coefficient (Wildman–Crippen LogP) is 3.19. The van der Waals surface area contributed by atoms with E-state index in [0.29, 0.717) is 50.6 Å². The van der Waals surface area contributed by atoms with Crippen molar-refractivity contribution in [3.05, 3.63) is 29.3 Å². The molecule has 2 fully saturated rings. The summed E-state index contributed by atoms with van der Waals surface area (Å²) < 4.78 is 40.2. The Hall–Kier alpha value is -2.96. The van der Waals surface area contributed by atoms with Crippen LogP contribution in [0.2, 0.25) is 0 Å². The SMILES string of the molecule is CC(C)CNC(=O)N1CCC([C@@H]2CN(c3ccc(C#N)c(C(F)(F)F)c3)C[C@H]2C(N)=O)CC1. The molecule has 2 heterocycles. The smallest absolute Gasteiger partial charge is 0.370 e. The zero-order valence-electron chi connectivity index (χ0n) is 18.9. The van der Waals surface area contributed by atoms with Crippen molar-refractivity contribution >= 4 is 17.6 Å². The van der Waals surface area contributed by atoms with Gasteiger partial charge < -0.3 is 20.9 Å². The lowest BCUT2D eigenvalue weighted by Gasteiger charge is -2.36. The maximum Gasteiger partial charge on any atom is 0.417 e. The number of nitrogens with two attached hydrogens (primary N) is 1. The fourth-order valence-corrected chi connectivity index (χ4v) is 4.81. The number of rotatable bonds is 5. The number of urea groups is 1. The van der Waals surface area contributed by atoms with E-state index in [-0.39, 0.29) is 24.4 Å². The summed E-state index contributed by atoms with van der Waals surface area (Å²) in [6, 6.07) is 5.11. The molecule has 0 saturated carbocycles. The molecule has 2 aliphatic heterocycles. The van der Waals surface area contributed by atoms with Gasteiger partial charge in [-0.2, -0.15) is 18.4 Å². The van der Waals surface area contributed by atoms with Crippen molar-refractivity contribution in [1.29, 1.82) is 5.26 Å². The number of halogens is 3. The third kappa shape index (κ3) is 5.70. The number of likely N-dealkylation sites (tertiary alicyclic amines) is 1. The molecule has 33 heavy (non-hydrogen) atoms. The first-order chi connectivity index (χ1) is 15.5. The van der Waals surface area contributed by atoms with Crippen molar-refractivity contribution in [2.45, 2.75) is 32.9 Å². The van der Waals surface area contributed by atoms with Crippen LogP contribution in [-0.4, -0.2) is 49.6 Å². The molecule has 2 saturated heterocycles. The Bertz CT molecular complexity index is 920. The summed E-state index contributed by atoms with van der Waals surface area (Å²) in [7, 11) is 0. The number of benzene rings is 1. The molecule has 180 valence electrons. The monoisotopic (exact) mass is 465 g/mol. The van der Waals surface area contributed by atoms with E-state index in [1.54, 1.807) is 15.9 Å². The van der Waals surface area contributed by atoms with Crippen LogP contribution in [0.15, 0.2) is 18.2 Å². The van der Waals surface area contributed by atoms with Crippen LogP contribution in [-0.2, 0) is 11.0 Å². The largest absolute Gasteiger partial charge is 0.417 e. The highest BCUT2D eigenvalue weighted by Gasteiger charge is 2.43. The van der Waals surface area contributed by atoms with Crippen molar-refractivity contribution in [2.75, 3.05) is 37.6 Å². The van der Waals surface area contributed by atoms with Gasteiger partial charge in [0.25, 0.3) is 0 Å². The van der Waals surface area contributed by atoms with E-state index < -0.39 is 29.1 Å². The van der Waals surface area contributed by atoms with Crippen molar-refractivity contribution in [2.24, 2.45) is 29.4 Å². The van der Waals surface area contributed by atoms with Gasteiger partial charge in [0, 0.05) is 38.4 Å². The van der Waals surface area contributed by atoms with Gasteiger partial charge in [-0.25, -0.2) is 4.79 Å². The Labute approximate surface area is 191 Å². The number of nitrogens with zero attached hydrogens (tertiary/aromatic N) is 3. The summed E-state index contributed by atoms with van der Waals surface area (Å²) in [5.41, 5.74) is 4.56. The van der Waals surface area contributed by atoms with Gasteiger partial charge in [-0.1, -0.05) is 13.8 Å². The second-order valence-corrected chi connectivity index (χ2v) is 9.32. The van der Waals surface area contributed by atoms with E-state index in [0.717, 1.165) is 6.07 Å². The lowest BCUT2D eigenvalue weighted by molar-refractivity contribution is -0.137. The number of hydrogen-bond donors (Lipinski definition) is 2. The van der Waals surface area contributed by atoms with E-state index >= 15 is 0 Å². The summed E-state index contributed by atoms with van der Waals surface area (Å²) in [6.07, 6.45) is -3.23. The molecule has 0 bridgehead atoms. The van der Waals surface area contributed by atoms with Gasteiger partial charge in [0.05, 0.1) is 23.1 Å². The van der Waals surface area contributed by atoms with Crippen LogP contribution >= 0.6 is 0 Å². The fourth-order valence-electron chi connectivity index (χ4n) is 4.81. The maximum atomic E-state index is 13.4. The summed E-state index contributed by atoms with van der Waals surface area (Å²) in [5, 5.41) is 11.9. The number of nitrogens with one attached hydrogen (secondary N) is 1. The number of piperidine rings is 1. The number of primary amides is 1. The maximum absolute atomic E-state index is 13.4. The summed E-state index contributed by atoms with van der Waals surface area (Å²) in [4.78, 5) is 28.0. The van der Waals surface area contributed by atoms with E-state index in [9.17, 15) is 22.8 Å². The summed E-state index contributed by atoms with van der Waals surface area (Å²) in [6.45, 7) is 6.41. The average Bonchev–Trinajstić information content (AvgIpc) is 3.22. The molecule has 3 N–H and O–H groups in total. The Morgan fingerprint density at radius 3 is 2.45 bits per heavy atom. The Morgan fingerprint density at radius 2 is 1.91 bits per heavy atom. The van der Waals surface area contributed by atoms with Crippen molar-refractivity contribution in [1.82, 2.24) is 10.2 Å². The summed E-state index contributed by atoms with van der Waals surface area (Å²) in [5.74, 6) is -0.562. The molecule has 0 spiro atoms. The number of carbonyl (C=O) groups excluding carboxylic acids is 2. The molecule has 1 aromatic carbocycles. The zero-order chi connectivity index (χ0) is 24.3. The van der Waals surface area contributed by atoms with Crippen LogP contribution in [0.5, 0.6) is 0 Å². The second-order valence-electron chi connectivity index (χ2n) is 9.32. The molecule has 2 atom stereocenters. The quantitative estimate of drug-likeness (QED) is 0.697. The van der Waals surface area contributed by atoms with Gasteiger partial charge in [0.15, 0.2) is 0 Å². The van der Waals surface area contributed by atoms with Gasteiger partial charge in [-0.3, -0.25) is 4.79 Å². The molecule has 10 heteroatoms. The summed E-state index contributed by atoms with van der Waals surface area (Å²) >= 11 is 0. The highest BCUT2D eigenvalue weighted by molar-refractivity contribution is 5.79. The molecule has 0 unspecified atom stereocenters. The Kier molecular flexibility index (Phi) is 7.40. The third-order valence-electron chi connectivity index (χ3n) is 6.62. The highest BCUT2D eigenvalue weighted by atomic mass is 19.4. The third-order valence-corrected chi connectivity index (χ3v) is 6.62. The van der Waals surface area contributed by atoms with Gasteiger partial charge in [-0.05, 0) is 48.8 Å². The number of alkyl halides is 3. The van der Waals surface area contributed by atoms with Gasteiger partial charge in [-0.15, -0.1) is 0 Å². The van der Waals surface area contributed by atoms with Gasteiger partial charge in [0.1, 0.15) is 0 Å². The highest BCUT2D eigenvalue weighted by Crippen LogP contribution is 2.40. The van der Waals surface area contributed by atoms with Crippen LogP contribution in [0.25, 0.3) is 0 Å². The average molecular weight is 466 g/mol. The van der Waals surface area contributed by atoms with E-state index in [4.69, 9.17) is 11.0 Å². The first kappa shape index (κ1) is 24.7. The van der Waals surface area contributed by atoms with Crippen LogP contribution < -0.4 is 16.0 Å². The topological polar surface area (TPSA) is 102 Å². The molecule has 0 aromatic heterocycles. The molecule has 0 radical (unpaired) electrons. The number of carbonyl (C=O) groups is 2. The van der Waals surface area contributed by atoms with Crippen LogP contribution in [0, 0.1) is 35.0 Å². The molecular formula is C23H30F3N5O2. The molecule has 7 nitrogen and oxygen atoms in total. The van der Waals surface area contributed by atoms with Crippen LogP contribution in [0.4, 0.5) is 23.7 Å². The minimum atomic E-state index is -4.65. The molecular weight excluding hydrogens is 435 g/mol. The standard InChI is InChI=1S/C23H30F3N5O2/c1-14(2)11-29-22(33)30-7-5-15(6-8-30)18-12-31(13-19(18)21(28)32)17-4-3-16(10-27)20(9-17)23(24,25)26/h3-4,9,14-15,18-19H,5-8,11-13H2,1-2H3,(H2,28,32)(H,29,33)/t18-,19+/m0/s1. The number of nitriles is 1. The van der Waals surface area contributed by atoms with E-state index in [2.05, 4.69) is 5.32 Å². The predicted molar refractivity (Wildman–Crippen MR) is 117 cm³/mol. The molecule has 0 aliphatic carbocycles. The molecule has 3 amide bonds. The Balaban J connectivity index is 1.71. The zero-order valence-corrected chi connectivity index (χ0v) is 18.9. The number of anilines is 1. The number of amides is 3. The first-order valence-corrected chi connectivity index (χ1v) is 11.2. The number of hydrogen-bond acceptors (Lipinski definition) is 4. The molecule has 1 aromatic rings. The van der Waals surface area contributed by atoms with E-state index in [1.807, 2.05) is 13.8 Å². The normalized spacial score (nSPS) is 21.8. The van der Waals surface area contributed by atoms with Gasteiger partial charge in [0.2, 0.25) is 5.91 Å². The Morgan fingerprint density at radius 1 is 1.24 bits per heavy atom. The fraction of sp³-hybridized carbons (Fsp3) is 0.609. The van der Waals surface area contributed by atoms with Crippen molar-refractivity contribution in [3.63, 3.8) is 0 Å². The van der Waals surface area contributed by atoms with Crippen LogP contribution in [0.3, 0.4) is 0 Å².